The van der Waals surface area contributed by atoms with E-state index in [1.807, 2.05) is 0 Å². The summed E-state index contributed by atoms with van der Waals surface area (Å²) in [6.07, 6.45) is -0.0440. The molecule has 2 aromatic heterocycles. The number of nitrogens with one attached hydrogen (secondary N) is 1. The van der Waals surface area contributed by atoms with E-state index in [9.17, 15) is 15.0 Å². The highest BCUT2D eigenvalue weighted by Gasteiger charge is 2.44. The Kier molecular flexibility index (Phi) is 3.77. The van der Waals surface area contributed by atoms with Crippen molar-refractivity contribution in [2.45, 2.75) is 18.4 Å². The maximum atomic E-state index is 11.6. The summed E-state index contributed by atoms with van der Waals surface area (Å²) >= 11 is 0. The number of imidazole rings is 1. The van der Waals surface area contributed by atoms with E-state index in [2.05, 4.69) is 25.0 Å². The fraction of sp³-hybridized carbons (Fsp3) is 0.545. The minimum atomic E-state index is -1.04. The zero-order valence-corrected chi connectivity index (χ0v) is 11.3. The molecule has 1 fully saturated rings. The van der Waals surface area contributed by atoms with Gasteiger partial charge in [0.15, 0.2) is 17.4 Å². The van der Waals surface area contributed by atoms with Gasteiger partial charge in [0.1, 0.15) is 6.10 Å². The van der Waals surface area contributed by atoms with Crippen LogP contribution in [-0.2, 0) is 4.74 Å². The first-order valence-electron chi connectivity index (χ1n) is 6.52. The van der Waals surface area contributed by atoms with Gasteiger partial charge in [-0.15, -0.1) is 0 Å². The third-order valence-corrected chi connectivity index (χ3v) is 3.70. The minimum absolute atomic E-state index is 0.0139. The van der Waals surface area contributed by atoms with Gasteiger partial charge in [-0.3, -0.25) is 9.36 Å². The van der Waals surface area contributed by atoms with Crippen LogP contribution in [0.4, 0.5) is 0 Å². The van der Waals surface area contributed by atoms with Crippen LogP contribution < -0.4 is 5.56 Å². The topological polar surface area (TPSA) is 162 Å². The number of aromatic nitrogens is 4. The lowest BCUT2D eigenvalue weighted by Gasteiger charge is -2.17. The molecule has 116 valence electrons. The number of aliphatic hydroxyl groups is 2. The van der Waals surface area contributed by atoms with Crippen molar-refractivity contribution < 1.29 is 14.9 Å². The molecular formula is C11H13N7O4. The number of H-pyrrole nitrogens is 1. The van der Waals surface area contributed by atoms with Gasteiger partial charge in [-0.2, -0.15) is 0 Å². The van der Waals surface area contributed by atoms with Crippen molar-refractivity contribution in [1.29, 1.82) is 0 Å². The number of azide groups is 1. The summed E-state index contributed by atoms with van der Waals surface area (Å²) in [5.74, 6) is -0.564. The molecule has 4 atom stereocenters. The molecule has 3 N–H and O–H groups in total. The number of hydrogen-bond acceptors (Lipinski definition) is 7. The van der Waals surface area contributed by atoms with Crippen LogP contribution in [-0.4, -0.2) is 55.1 Å². The first-order valence-corrected chi connectivity index (χ1v) is 6.52. The summed E-state index contributed by atoms with van der Waals surface area (Å²) in [5.41, 5.74) is 8.38. The van der Waals surface area contributed by atoms with Crippen LogP contribution in [0.3, 0.4) is 0 Å². The van der Waals surface area contributed by atoms with Gasteiger partial charge in [0, 0.05) is 17.4 Å². The van der Waals surface area contributed by atoms with E-state index in [4.69, 9.17) is 10.3 Å². The van der Waals surface area contributed by atoms with Crippen LogP contribution in [0.15, 0.2) is 22.6 Å². The summed E-state index contributed by atoms with van der Waals surface area (Å²) in [5, 5.41) is 23.2. The predicted molar refractivity (Wildman–Crippen MR) is 72.7 cm³/mol. The number of ether oxygens (including phenoxy) is 1. The third-order valence-electron chi connectivity index (χ3n) is 3.70. The lowest BCUT2D eigenvalue weighted by Crippen LogP contribution is -2.30. The molecule has 0 unspecified atom stereocenters. The zero-order chi connectivity index (χ0) is 15.7. The first kappa shape index (κ1) is 14.5. The van der Waals surface area contributed by atoms with E-state index in [-0.39, 0.29) is 24.3 Å². The van der Waals surface area contributed by atoms with Crippen molar-refractivity contribution in [2.75, 3.05) is 13.2 Å². The van der Waals surface area contributed by atoms with Gasteiger partial charge < -0.3 is 19.9 Å². The number of aromatic amines is 1. The summed E-state index contributed by atoms with van der Waals surface area (Å²) in [6.45, 7) is -0.347. The van der Waals surface area contributed by atoms with Gasteiger partial charge in [-0.25, -0.2) is 9.97 Å². The van der Waals surface area contributed by atoms with E-state index in [1.165, 1.54) is 17.2 Å². The fourth-order valence-corrected chi connectivity index (χ4v) is 2.61. The molecule has 0 aromatic carbocycles. The number of rotatable bonds is 4. The van der Waals surface area contributed by atoms with Crippen LogP contribution in [0, 0.1) is 5.92 Å². The molecule has 22 heavy (non-hydrogen) atoms. The van der Waals surface area contributed by atoms with E-state index < -0.39 is 29.9 Å². The van der Waals surface area contributed by atoms with Gasteiger partial charge in [0.2, 0.25) is 0 Å². The molecular weight excluding hydrogens is 294 g/mol. The molecule has 11 heteroatoms. The Bertz CT molecular complexity index is 780. The second-order valence-electron chi connectivity index (χ2n) is 4.87. The largest absolute Gasteiger partial charge is 0.394 e. The first-order chi connectivity index (χ1) is 10.7. The van der Waals surface area contributed by atoms with Gasteiger partial charge >= 0.3 is 0 Å². The van der Waals surface area contributed by atoms with E-state index in [1.54, 1.807) is 0 Å². The highest BCUT2D eigenvalue weighted by molar-refractivity contribution is 5.68. The van der Waals surface area contributed by atoms with Crippen molar-refractivity contribution in [3.63, 3.8) is 0 Å². The SMILES string of the molecule is [N-]=[N+]=NC[C@H]1[C@@H](O)[C@H](n2cnc3c(=O)[nH]cnc32)O[C@@H]1CO. The average Bonchev–Trinajstić information content (AvgIpc) is 3.07. The van der Waals surface area contributed by atoms with Gasteiger partial charge in [-0.1, -0.05) is 5.11 Å². The molecule has 0 spiro atoms. The Morgan fingerprint density at radius 2 is 2.36 bits per heavy atom. The summed E-state index contributed by atoms with van der Waals surface area (Å²) in [7, 11) is 0. The number of fused-ring (bicyclic) bond motifs is 1. The molecule has 3 rings (SSSR count). The summed E-state index contributed by atoms with van der Waals surface area (Å²) in [4.78, 5) is 24.7. The Morgan fingerprint density at radius 3 is 3.09 bits per heavy atom. The van der Waals surface area contributed by atoms with Crippen molar-refractivity contribution in [3.05, 3.63) is 33.5 Å². The fourth-order valence-electron chi connectivity index (χ4n) is 2.61. The molecule has 3 heterocycles. The molecule has 0 bridgehead atoms. The molecule has 0 amide bonds. The van der Waals surface area contributed by atoms with Crippen LogP contribution in [0.2, 0.25) is 0 Å². The van der Waals surface area contributed by atoms with Crippen molar-refractivity contribution in [1.82, 2.24) is 19.5 Å². The summed E-state index contributed by atoms with van der Waals surface area (Å²) in [6, 6.07) is 0. The van der Waals surface area contributed by atoms with Crippen LogP contribution in [0.1, 0.15) is 6.23 Å². The van der Waals surface area contributed by atoms with Crippen molar-refractivity contribution >= 4 is 11.2 Å². The molecule has 1 aliphatic rings. The predicted octanol–water partition coefficient (Wildman–Crippen LogP) is -0.703. The average molecular weight is 307 g/mol. The highest BCUT2D eigenvalue weighted by atomic mass is 16.5. The van der Waals surface area contributed by atoms with E-state index >= 15 is 0 Å². The lowest BCUT2D eigenvalue weighted by molar-refractivity contribution is -0.0492. The normalized spacial score (nSPS) is 27.9. The third kappa shape index (κ3) is 2.22. The Labute approximate surface area is 122 Å². The Balaban J connectivity index is 1.98. The quantitative estimate of drug-likeness (QED) is 0.384. The molecule has 0 saturated carbocycles. The van der Waals surface area contributed by atoms with E-state index in [0.29, 0.717) is 0 Å². The van der Waals surface area contributed by atoms with Crippen molar-refractivity contribution in [2.24, 2.45) is 11.0 Å². The van der Waals surface area contributed by atoms with Gasteiger partial charge in [0.25, 0.3) is 5.56 Å². The second-order valence-corrected chi connectivity index (χ2v) is 4.87. The highest BCUT2D eigenvalue weighted by Crippen LogP contribution is 2.35. The van der Waals surface area contributed by atoms with Crippen LogP contribution in [0.25, 0.3) is 21.6 Å². The molecule has 1 aliphatic heterocycles. The minimum Gasteiger partial charge on any atom is -0.394 e. The maximum absolute atomic E-state index is 11.6. The second kappa shape index (κ2) is 5.73. The standard InChI is InChI=1S/C11H13N7O4/c12-17-16-1-5-6(2-19)22-11(8(5)20)18-4-15-7-9(18)13-3-14-10(7)21/h3-6,8,11,19-20H,1-2H2,(H,13,14,21)/t5-,6-,8-,11-/m1/s1. The molecule has 11 nitrogen and oxygen atoms in total. The number of aliphatic hydroxyl groups excluding tert-OH is 2. The molecule has 0 aliphatic carbocycles. The lowest BCUT2D eigenvalue weighted by atomic mass is 9.98. The Hall–Kier alpha value is -2.46. The Morgan fingerprint density at radius 1 is 1.55 bits per heavy atom. The monoisotopic (exact) mass is 307 g/mol. The summed E-state index contributed by atoms with van der Waals surface area (Å²) < 4.78 is 7.04. The maximum Gasteiger partial charge on any atom is 0.278 e. The zero-order valence-electron chi connectivity index (χ0n) is 11.3. The van der Waals surface area contributed by atoms with Gasteiger partial charge in [0.05, 0.1) is 25.4 Å². The van der Waals surface area contributed by atoms with Crippen LogP contribution in [0.5, 0.6) is 0 Å². The van der Waals surface area contributed by atoms with E-state index in [0.717, 1.165) is 0 Å². The van der Waals surface area contributed by atoms with Crippen molar-refractivity contribution in [3.8, 4) is 0 Å². The van der Waals surface area contributed by atoms with Gasteiger partial charge in [-0.05, 0) is 5.53 Å². The van der Waals surface area contributed by atoms with Crippen LogP contribution >= 0.6 is 0 Å². The molecule has 1 saturated heterocycles. The molecule has 0 radical (unpaired) electrons. The number of hydrogen-bond donors (Lipinski definition) is 3. The molecule has 2 aromatic rings. The smallest absolute Gasteiger partial charge is 0.278 e. The number of nitrogens with zero attached hydrogens (tertiary/aromatic N) is 6.